The molecule has 0 radical (unpaired) electrons. The molecule has 0 fully saturated rings. The summed E-state index contributed by atoms with van der Waals surface area (Å²) >= 11 is 0. The maximum absolute atomic E-state index is 10.3. The van der Waals surface area contributed by atoms with Gasteiger partial charge in [0.1, 0.15) is 16.6 Å². The van der Waals surface area contributed by atoms with E-state index in [1.54, 1.807) is 0 Å². The van der Waals surface area contributed by atoms with Gasteiger partial charge in [-0.3, -0.25) is 0 Å². The van der Waals surface area contributed by atoms with Crippen LogP contribution in [0.2, 0.25) is 0 Å². The van der Waals surface area contributed by atoms with Crippen LogP contribution in [-0.4, -0.2) is 13.5 Å². The molecule has 0 aliphatic heterocycles. The average molecular weight is 624 g/mol. The van der Waals surface area contributed by atoms with Crippen LogP contribution in [0.15, 0.2) is 218 Å². The van der Waals surface area contributed by atoms with Gasteiger partial charge in [-0.15, -0.1) is 0 Å². The number of aromatic amines is 2. The Labute approximate surface area is 261 Å². The van der Waals surface area contributed by atoms with Gasteiger partial charge in [-0.05, 0) is 0 Å². The number of hydrogen-bond donors (Lipinski definition) is 2. The molecule has 4 nitrogen and oxygen atoms in total. The molecule has 7 heteroatoms. The highest BCUT2D eigenvalue weighted by Gasteiger charge is 1.72. The van der Waals surface area contributed by atoms with Crippen molar-refractivity contribution in [3.8, 4) is 0 Å². The smallest absolute Gasteiger partial charge is 0.155 e. The van der Waals surface area contributed by atoms with Crippen LogP contribution in [0, 0.1) is 0 Å². The van der Waals surface area contributed by atoms with E-state index in [1.165, 1.54) is 0 Å². The van der Waals surface area contributed by atoms with Crippen LogP contribution in [0.5, 0.6) is 0 Å². The molecule has 3 atom stereocenters. The van der Waals surface area contributed by atoms with Crippen molar-refractivity contribution in [1.29, 1.82) is 0 Å². The number of nitrogens with zero attached hydrogens (tertiary/aromatic N) is 1. The SMILES string of the molecule is [O-][p+]1n[pH][nH][pH][nH]1.c1ccccc1.c1ccccc1.c1ccccc1.c1ccccc1.c1ccccc1.c1ccccc1. The molecule has 6 aromatic carbocycles. The van der Waals surface area contributed by atoms with Gasteiger partial charge < -0.3 is 4.89 Å². The number of rotatable bonds is 0. The van der Waals surface area contributed by atoms with Gasteiger partial charge in [0, 0.05) is 0 Å². The predicted molar refractivity (Wildman–Crippen MR) is 191 cm³/mol. The van der Waals surface area contributed by atoms with Gasteiger partial charge in [-0.1, -0.05) is 223 Å². The van der Waals surface area contributed by atoms with Crippen molar-refractivity contribution in [1.82, 2.24) is 13.5 Å². The lowest BCUT2D eigenvalue weighted by Gasteiger charge is -1.88. The molecule has 2 N–H and O–H groups in total. The monoisotopic (exact) mass is 623 g/mol. The Balaban J connectivity index is 0.000000251. The Morgan fingerprint density at radius 3 is 0.558 bits per heavy atom. The first-order valence-electron chi connectivity index (χ1n) is 13.6. The second kappa shape index (κ2) is 32.1. The van der Waals surface area contributed by atoms with Gasteiger partial charge in [0.25, 0.3) is 0 Å². The van der Waals surface area contributed by atoms with Crippen LogP contribution in [0.3, 0.4) is 0 Å². The minimum Gasteiger partial charge on any atom is -0.719 e. The Morgan fingerprint density at radius 2 is 0.488 bits per heavy atom. The van der Waals surface area contributed by atoms with E-state index in [9.17, 15) is 4.89 Å². The standard InChI is InChI=1S/6C6H6.H4N3OP3/c6*1-2-4-6-5-3-1;4-7-2-5-1-6-3-7/h6*1-6H;1,5-6H,(H,2,3). The molecule has 0 aliphatic rings. The fourth-order valence-corrected chi connectivity index (χ4v) is 5.50. The summed E-state index contributed by atoms with van der Waals surface area (Å²) in [5.41, 5.74) is 0. The Morgan fingerprint density at radius 1 is 0.326 bits per heavy atom. The third-order valence-electron chi connectivity index (χ3n) is 4.41. The summed E-state index contributed by atoms with van der Waals surface area (Å²) in [5, 5.41) is 0. The van der Waals surface area contributed by atoms with Crippen molar-refractivity contribution in [2.75, 3.05) is 0 Å². The highest BCUT2D eigenvalue weighted by molar-refractivity contribution is 7.48. The summed E-state index contributed by atoms with van der Waals surface area (Å²) in [5.74, 6) is 0. The van der Waals surface area contributed by atoms with Crippen LogP contribution >= 0.6 is 25.1 Å². The zero-order valence-corrected chi connectivity index (χ0v) is 27.0. The minimum atomic E-state index is -1.40. The van der Waals surface area contributed by atoms with Gasteiger partial charge in [0.05, 0.1) is 0 Å². The van der Waals surface area contributed by atoms with Gasteiger partial charge >= 0.3 is 0 Å². The molecule has 220 valence electrons. The summed E-state index contributed by atoms with van der Waals surface area (Å²) in [6, 6.07) is 72.0. The molecule has 0 aliphatic carbocycles. The van der Waals surface area contributed by atoms with Crippen molar-refractivity contribution in [3.63, 3.8) is 0 Å². The van der Waals surface area contributed by atoms with E-state index < -0.39 is 8.08 Å². The zero-order chi connectivity index (χ0) is 30.6. The largest absolute Gasteiger partial charge is 0.719 e. The van der Waals surface area contributed by atoms with Crippen molar-refractivity contribution >= 4 is 25.1 Å². The molecule has 0 saturated carbocycles. The number of nitrogens with one attached hydrogen (secondary N) is 2. The predicted octanol–water partition coefficient (Wildman–Crippen LogP) is 10.4. The van der Waals surface area contributed by atoms with E-state index in [-0.39, 0.29) is 0 Å². The van der Waals surface area contributed by atoms with Crippen LogP contribution in [0.25, 0.3) is 0 Å². The zero-order valence-electron chi connectivity index (χ0n) is 24.1. The summed E-state index contributed by atoms with van der Waals surface area (Å²) < 4.78 is 9.21. The fourth-order valence-electron chi connectivity index (χ4n) is 2.51. The van der Waals surface area contributed by atoms with Crippen LogP contribution in [0.4, 0.5) is 0 Å². The van der Waals surface area contributed by atoms with Gasteiger partial charge in [-0.2, -0.15) is 0 Å². The minimum absolute atomic E-state index is 0.323. The molecule has 0 saturated heterocycles. The first kappa shape index (κ1) is 36.6. The lowest BCUT2D eigenvalue weighted by Crippen LogP contribution is -1.84. The molecule has 3 unspecified atom stereocenters. The Kier molecular flexibility index (Phi) is 27.3. The van der Waals surface area contributed by atoms with Gasteiger partial charge in [0.2, 0.25) is 0 Å². The number of hydrogen-bond acceptors (Lipinski definition) is 2. The lowest BCUT2D eigenvalue weighted by atomic mass is 10.4. The Hall–Kier alpha value is -4.42. The molecular weight excluding hydrogens is 583 g/mol. The van der Waals surface area contributed by atoms with Crippen molar-refractivity contribution in [2.45, 2.75) is 0 Å². The van der Waals surface area contributed by atoms with E-state index in [1.807, 2.05) is 218 Å². The molecule has 0 amide bonds. The number of benzene rings is 6. The summed E-state index contributed by atoms with van der Waals surface area (Å²) in [6.07, 6.45) is 0. The third kappa shape index (κ3) is 30.4. The van der Waals surface area contributed by atoms with Crippen LogP contribution in [-0.2, 0) is 0 Å². The molecular formula is C36H40N3OP3. The normalized spacial score (nSPS) is 8.91. The first-order chi connectivity index (χ1) is 21.4. The summed E-state index contributed by atoms with van der Waals surface area (Å²) in [7, 11) is -0.664. The van der Waals surface area contributed by atoms with Crippen molar-refractivity contribution in [2.24, 2.45) is 0 Å². The van der Waals surface area contributed by atoms with Gasteiger partial charge in [0.15, 0.2) is 8.51 Å². The maximum Gasteiger partial charge on any atom is 0.155 e. The molecule has 43 heavy (non-hydrogen) atoms. The van der Waals surface area contributed by atoms with E-state index >= 15 is 0 Å². The summed E-state index contributed by atoms with van der Waals surface area (Å²) in [6.45, 7) is 0. The molecule has 7 rings (SSSR count). The Bertz CT molecular complexity index is 990. The molecule has 0 spiro atoms. The highest BCUT2D eigenvalue weighted by atomic mass is 31.2. The fraction of sp³-hybridized carbons (Fsp3) is 0. The lowest BCUT2D eigenvalue weighted by molar-refractivity contribution is -0.154. The topological polar surface area (TPSA) is 67.5 Å². The second-order valence-electron chi connectivity index (χ2n) is 7.77. The van der Waals surface area contributed by atoms with Gasteiger partial charge in [-0.25, -0.2) is 9.02 Å². The molecule has 1 heterocycles. The number of aromatic nitrogens is 3. The first-order valence-corrected chi connectivity index (χ1v) is 16.7. The highest BCUT2D eigenvalue weighted by Crippen LogP contribution is 2.10. The number of H-pyrrole nitrogens is 2. The van der Waals surface area contributed by atoms with E-state index in [0.717, 1.165) is 0 Å². The third-order valence-corrected chi connectivity index (χ3v) is 7.70. The van der Waals surface area contributed by atoms with Crippen LogP contribution in [0.1, 0.15) is 0 Å². The van der Waals surface area contributed by atoms with E-state index in [0.29, 0.717) is 17.0 Å². The van der Waals surface area contributed by atoms with Crippen LogP contribution < -0.4 is 4.89 Å². The van der Waals surface area contributed by atoms with E-state index in [2.05, 4.69) is 13.5 Å². The summed E-state index contributed by atoms with van der Waals surface area (Å²) in [4.78, 5) is 10.3. The maximum atomic E-state index is 10.3. The van der Waals surface area contributed by atoms with E-state index in [4.69, 9.17) is 0 Å². The molecule has 0 bridgehead atoms. The molecule has 7 aromatic rings. The average Bonchev–Trinajstić information content (AvgIpc) is 3.15. The van der Waals surface area contributed by atoms with Crippen molar-refractivity contribution in [3.05, 3.63) is 218 Å². The quantitative estimate of drug-likeness (QED) is 0.177. The second-order valence-corrected chi connectivity index (χ2v) is 11.5. The molecule has 1 aromatic heterocycles. The van der Waals surface area contributed by atoms with Crippen molar-refractivity contribution < 1.29 is 4.89 Å².